The van der Waals surface area contributed by atoms with Gasteiger partial charge in [0.05, 0.1) is 0 Å². The van der Waals surface area contributed by atoms with Gasteiger partial charge in [0.15, 0.2) is 0 Å². The Balaban J connectivity index is 1.46. The molecule has 0 bridgehead atoms. The number of amides is 1. The number of anilines is 1. The van der Waals surface area contributed by atoms with Gasteiger partial charge in [-0.3, -0.25) is 4.79 Å². The molecule has 28 heavy (non-hydrogen) atoms. The van der Waals surface area contributed by atoms with Crippen LogP contribution in [0.2, 0.25) is 0 Å². The molecule has 5 heteroatoms. The van der Waals surface area contributed by atoms with Crippen molar-refractivity contribution < 1.29 is 4.79 Å². The van der Waals surface area contributed by atoms with Crippen LogP contribution in [0.1, 0.15) is 41.9 Å². The number of fused-ring (bicyclic) bond motifs is 1. The number of carbonyl (C=O) groups excluding carboxylic acids is 1. The number of aryl methyl sites for hydroxylation is 1. The number of imidazole rings is 1. The highest BCUT2D eigenvalue weighted by molar-refractivity contribution is 5.92. The summed E-state index contributed by atoms with van der Waals surface area (Å²) < 4.78 is 2.15. The predicted octanol–water partition coefficient (Wildman–Crippen LogP) is 3.83. The number of para-hydroxylation sites is 1. The monoisotopic (exact) mass is 374 g/mol. The summed E-state index contributed by atoms with van der Waals surface area (Å²) in [6, 6.07) is 17.2. The van der Waals surface area contributed by atoms with Gasteiger partial charge in [-0.1, -0.05) is 42.5 Å². The number of hydrogen-bond donors (Lipinski definition) is 1. The Labute approximate surface area is 166 Å². The van der Waals surface area contributed by atoms with Crippen LogP contribution < -0.4 is 10.2 Å². The van der Waals surface area contributed by atoms with Crippen LogP contribution in [0, 0.1) is 6.92 Å². The highest BCUT2D eigenvalue weighted by Gasteiger charge is 2.26. The van der Waals surface area contributed by atoms with Crippen molar-refractivity contribution in [2.45, 2.75) is 39.4 Å². The van der Waals surface area contributed by atoms with Gasteiger partial charge in [-0.25, -0.2) is 4.98 Å². The molecular formula is C23H26N4O. The second-order valence-electron chi connectivity index (χ2n) is 7.37. The number of carbonyl (C=O) groups is 1. The standard InChI is InChI=1S/C23H26N4O/c1-17-24-11-13-26(17)16-20-7-5-6-19(14-20)15-25-22-10-12-27(18(2)28)23-9-4-3-8-21(22)23/h3-9,11,13-14,22,25H,10,12,15-16H2,1-2H3. The van der Waals surface area contributed by atoms with Crippen molar-refractivity contribution in [2.24, 2.45) is 0 Å². The molecule has 0 fully saturated rings. The van der Waals surface area contributed by atoms with Crippen LogP contribution >= 0.6 is 0 Å². The average Bonchev–Trinajstić information content (AvgIpc) is 3.10. The molecule has 1 atom stereocenters. The second kappa shape index (κ2) is 7.98. The van der Waals surface area contributed by atoms with Crippen molar-refractivity contribution >= 4 is 11.6 Å². The third-order valence-corrected chi connectivity index (χ3v) is 5.44. The molecule has 1 unspecified atom stereocenters. The lowest BCUT2D eigenvalue weighted by atomic mass is 9.96. The van der Waals surface area contributed by atoms with Crippen LogP contribution in [0.5, 0.6) is 0 Å². The van der Waals surface area contributed by atoms with Crippen LogP contribution in [0.25, 0.3) is 0 Å². The van der Waals surface area contributed by atoms with E-state index in [1.165, 1.54) is 16.7 Å². The summed E-state index contributed by atoms with van der Waals surface area (Å²) in [5, 5.41) is 3.69. The molecule has 1 N–H and O–H groups in total. The minimum atomic E-state index is 0.105. The summed E-state index contributed by atoms with van der Waals surface area (Å²) in [6.45, 7) is 6.05. The SMILES string of the molecule is CC(=O)N1CCC(NCc2cccc(Cn3ccnc3C)c2)c2ccccc21. The molecule has 2 heterocycles. The summed E-state index contributed by atoms with van der Waals surface area (Å²) in [6.07, 6.45) is 4.77. The lowest BCUT2D eigenvalue weighted by molar-refractivity contribution is -0.116. The van der Waals surface area contributed by atoms with Gasteiger partial charge in [0.1, 0.15) is 5.82 Å². The molecule has 0 radical (unpaired) electrons. The summed E-state index contributed by atoms with van der Waals surface area (Å²) in [7, 11) is 0. The van der Waals surface area contributed by atoms with E-state index >= 15 is 0 Å². The van der Waals surface area contributed by atoms with E-state index in [4.69, 9.17) is 0 Å². The zero-order valence-electron chi connectivity index (χ0n) is 16.4. The third kappa shape index (κ3) is 3.85. The first-order valence-corrected chi connectivity index (χ1v) is 9.78. The molecule has 4 rings (SSSR count). The summed E-state index contributed by atoms with van der Waals surface area (Å²) in [5.74, 6) is 1.13. The molecule has 2 aromatic carbocycles. The van der Waals surface area contributed by atoms with E-state index in [2.05, 4.69) is 45.2 Å². The Bertz CT molecular complexity index is 978. The number of aromatic nitrogens is 2. The molecule has 5 nitrogen and oxygen atoms in total. The fourth-order valence-corrected chi connectivity index (χ4v) is 3.95. The first-order valence-electron chi connectivity index (χ1n) is 9.78. The molecule has 1 amide bonds. The summed E-state index contributed by atoms with van der Waals surface area (Å²) in [5.41, 5.74) is 4.77. The molecule has 0 saturated heterocycles. The Morgan fingerprint density at radius 3 is 2.79 bits per heavy atom. The molecule has 0 aliphatic carbocycles. The fraction of sp³-hybridized carbons (Fsp3) is 0.304. The van der Waals surface area contributed by atoms with Gasteiger partial charge in [0, 0.05) is 50.7 Å². The lowest BCUT2D eigenvalue weighted by Gasteiger charge is -2.34. The smallest absolute Gasteiger partial charge is 0.223 e. The van der Waals surface area contributed by atoms with Crippen molar-refractivity contribution in [3.05, 3.63) is 83.4 Å². The first kappa shape index (κ1) is 18.4. The second-order valence-corrected chi connectivity index (χ2v) is 7.37. The summed E-state index contributed by atoms with van der Waals surface area (Å²) >= 11 is 0. The number of rotatable bonds is 5. The van der Waals surface area contributed by atoms with Gasteiger partial charge in [-0.05, 0) is 36.1 Å². The first-order chi connectivity index (χ1) is 13.6. The van der Waals surface area contributed by atoms with E-state index in [0.717, 1.165) is 37.6 Å². The van der Waals surface area contributed by atoms with E-state index in [1.807, 2.05) is 42.4 Å². The molecule has 1 aliphatic rings. The van der Waals surface area contributed by atoms with E-state index in [0.29, 0.717) is 0 Å². The Hall–Kier alpha value is -2.92. The van der Waals surface area contributed by atoms with Crippen LogP contribution in [0.3, 0.4) is 0 Å². The quantitative estimate of drug-likeness (QED) is 0.738. The van der Waals surface area contributed by atoms with Gasteiger partial charge in [-0.2, -0.15) is 0 Å². The predicted molar refractivity (Wildman–Crippen MR) is 111 cm³/mol. The molecule has 0 spiro atoms. The lowest BCUT2D eigenvalue weighted by Crippen LogP contribution is -2.38. The third-order valence-electron chi connectivity index (χ3n) is 5.44. The normalized spacial score (nSPS) is 16.1. The van der Waals surface area contributed by atoms with Crippen molar-refractivity contribution in [1.29, 1.82) is 0 Å². The zero-order chi connectivity index (χ0) is 19.5. The van der Waals surface area contributed by atoms with E-state index in [-0.39, 0.29) is 11.9 Å². The highest BCUT2D eigenvalue weighted by Crippen LogP contribution is 2.33. The largest absolute Gasteiger partial charge is 0.331 e. The summed E-state index contributed by atoms with van der Waals surface area (Å²) in [4.78, 5) is 18.1. The van der Waals surface area contributed by atoms with E-state index in [9.17, 15) is 4.79 Å². The van der Waals surface area contributed by atoms with Crippen molar-refractivity contribution in [2.75, 3.05) is 11.4 Å². The Kier molecular flexibility index (Phi) is 5.26. The topological polar surface area (TPSA) is 50.2 Å². The fourth-order valence-electron chi connectivity index (χ4n) is 3.95. The number of benzene rings is 2. The minimum Gasteiger partial charge on any atom is -0.331 e. The minimum absolute atomic E-state index is 0.105. The van der Waals surface area contributed by atoms with Crippen LogP contribution in [0.15, 0.2) is 60.9 Å². The van der Waals surface area contributed by atoms with Crippen LogP contribution in [-0.2, 0) is 17.9 Å². The average molecular weight is 374 g/mol. The molecule has 144 valence electrons. The van der Waals surface area contributed by atoms with Gasteiger partial charge >= 0.3 is 0 Å². The van der Waals surface area contributed by atoms with Crippen molar-refractivity contribution in [3.63, 3.8) is 0 Å². The maximum atomic E-state index is 11.9. The molecular weight excluding hydrogens is 348 g/mol. The van der Waals surface area contributed by atoms with Gasteiger partial charge in [-0.15, -0.1) is 0 Å². The highest BCUT2D eigenvalue weighted by atomic mass is 16.2. The molecule has 1 aromatic heterocycles. The van der Waals surface area contributed by atoms with Crippen LogP contribution in [-0.4, -0.2) is 22.0 Å². The zero-order valence-corrected chi connectivity index (χ0v) is 16.4. The molecule has 0 saturated carbocycles. The maximum Gasteiger partial charge on any atom is 0.223 e. The van der Waals surface area contributed by atoms with Gasteiger partial charge in [0.25, 0.3) is 0 Å². The molecule has 1 aliphatic heterocycles. The van der Waals surface area contributed by atoms with Crippen LogP contribution in [0.4, 0.5) is 5.69 Å². The number of hydrogen-bond acceptors (Lipinski definition) is 3. The van der Waals surface area contributed by atoms with E-state index < -0.39 is 0 Å². The Morgan fingerprint density at radius 1 is 1.18 bits per heavy atom. The van der Waals surface area contributed by atoms with E-state index in [1.54, 1.807) is 6.92 Å². The maximum absolute atomic E-state index is 11.9. The van der Waals surface area contributed by atoms with Crippen molar-refractivity contribution in [3.8, 4) is 0 Å². The van der Waals surface area contributed by atoms with Crippen molar-refractivity contribution in [1.82, 2.24) is 14.9 Å². The number of nitrogens with zero attached hydrogens (tertiary/aromatic N) is 3. The molecule has 3 aromatic rings. The Morgan fingerprint density at radius 2 is 2.00 bits per heavy atom. The van der Waals surface area contributed by atoms with Gasteiger partial charge < -0.3 is 14.8 Å². The van der Waals surface area contributed by atoms with Gasteiger partial charge in [0.2, 0.25) is 5.91 Å². The number of nitrogens with one attached hydrogen (secondary N) is 1.